The first-order valence-electron chi connectivity index (χ1n) is 6.65. The zero-order valence-corrected chi connectivity index (χ0v) is 13.6. The maximum absolute atomic E-state index is 12.0. The van der Waals surface area contributed by atoms with Crippen LogP contribution in [0.4, 0.5) is 4.79 Å². The van der Waals surface area contributed by atoms with Crippen molar-refractivity contribution in [1.29, 1.82) is 0 Å². The summed E-state index contributed by atoms with van der Waals surface area (Å²) in [4.78, 5) is 17.5. The minimum absolute atomic E-state index is 0.00330. The van der Waals surface area contributed by atoms with Crippen LogP contribution in [0.25, 0.3) is 0 Å². The zero-order valence-electron chi connectivity index (χ0n) is 12.8. The molecule has 1 saturated heterocycles. The molecule has 1 fully saturated rings. The van der Waals surface area contributed by atoms with Crippen LogP contribution in [0.5, 0.6) is 0 Å². The molecule has 0 aliphatic carbocycles. The van der Waals surface area contributed by atoms with E-state index in [-0.39, 0.29) is 17.3 Å². The zero-order chi connectivity index (χ0) is 15.6. The Morgan fingerprint density at radius 1 is 1.35 bits per heavy atom. The van der Waals surface area contributed by atoms with Crippen molar-refractivity contribution in [1.82, 2.24) is 14.7 Å². The third-order valence-corrected chi connectivity index (χ3v) is 4.89. The van der Waals surface area contributed by atoms with Gasteiger partial charge in [-0.05, 0) is 13.8 Å². The molecule has 2 amide bonds. The lowest BCUT2D eigenvalue weighted by molar-refractivity contribution is 0.0349. The van der Waals surface area contributed by atoms with Gasteiger partial charge in [-0.2, -0.15) is 0 Å². The number of piperazine rings is 1. The highest BCUT2D eigenvalue weighted by Crippen LogP contribution is 2.21. The van der Waals surface area contributed by atoms with Crippen molar-refractivity contribution < 1.29 is 13.2 Å². The monoisotopic (exact) mass is 303 g/mol. The Balaban J connectivity index is 2.67. The highest BCUT2D eigenvalue weighted by atomic mass is 32.2. The molecule has 0 aromatic carbocycles. The van der Waals surface area contributed by atoms with Crippen molar-refractivity contribution >= 4 is 15.9 Å². The van der Waals surface area contributed by atoms with Crippen LogP contribution in [0.15, 0.2) is 12.0 Å². The molecule has 1 aliphatic heterocycles. The molecule has 1 aliphatic rings. The van der Waals surface area contributed by atoms with Crippen LogP contribution in [-0.4, -0.2) is 80.7 Å². The third-order valence-electron chi connectivity index (χ3n) is 3.63. The average Bonchev–Trinajstić information content (AvgIpc) is 2.35. The van der Waals surface area contributed by atoms with Gasteiger partial charge in [0.1, 0.15) is 0 Å². The van der Waals surface area contributed by atoms with Crippen LogP contribution in [0.2, 0.25) is 0 Å². The van der Waals surface area contributed by atoms with Gasteiger partial charge in [-0.15, -0.1) is 0 Å². The highest BCUT2D eigenvalue weighted by Gasteiger charge is 2.36. The SMILES string of the molecule is C=CS(=O)(=O)CCN1CCN(C(=O)N(C)C)CC1(C)C. The standard InChI is InChI=1S/C13H25N3O3S/c1-6-20(18,19)10-9-16-8-7-15(11-13(16,2)3)12(17)14(4)5/h6H,1,7-11H2,2-5H3. The molecule has 0 saturated carbocycles. The molecule has 0 N–H and O–H groups in total. The van der Waals surface area contributed by atoms with Crippen molar-refractivity contribution in [2.24, 2.45) is 0 Å². The van der Waals surface area contributed by atoms with E-state index in [9.17, 15) is 13.2 Å². The molecule has 0 radical (unpaired) electrons. The van der Waals surface area contributed by atoms with E-state index in [1.165, 1.54) is 0 Å². The molecule has 6 nitrogen and oxygen atoms in total. The van der Waals surface area contributed by atoms with E-state index < -0.39 is 9.84 Å². The second-order valence-electron chi connectivity index (χ2n) is 5.93. The van der Waals surface area contributed by atoms with Crippen molar-refractivity contribution in [3.63, 3.8) is 0 Å². The number of hydrogen-bond donors (Lipinski definition) is 0. The minimum atomic E-state index is -3.18. The number of sulfone groups is 1. The molecule has 116 valence electrons. The van der Waals surface area contributed by atoms with E-state index in [0.29, 0.717) is 26.2 Å². The smallest absolute Gasteiger partial charge is 0.319 e. The largest absolute Gasteiger partial charge is 0.331 e. The van der Waals surface area contributed by atoms with Gasteiger partial charge in [0.25, 0.3) is 0 Å². The summed E-state index contributed by atoms with van der Waals surface area (Å²) in [6, 6.07) is -0.00330. The van der Waals surface area contributed by atoms with Crippen LogP contribution in [0.1, 0.15) is 13.8 Å². The first-order valence-corrected chi connectivity index (χ1v) is 8.37. The summed E-state index contributed by atoms with van der Waals surface area (Å²) in [6.45, 7) is 9.74. The summed E-state index contributed by atoms with van der Waals surface area (Å²) in [5, 5.41) is 1.01. The molecule has 1 rings (SSSR count). The molecule has 0 bridgehead atoms. The Bertz CT molecular complexity index is 471. The van der Waals surface area contributed by atoms with Gasteiger partial charge in [0.2, 0.25) is 0 Å². The fourth-order valence-corrected chi connectivity index (χ4v) is 3.01. The van der Waals surface area contributed by atoms with E-state index in [0.717, 1.165) is 5.41 Å². The van der Waals surface area contributed by atoms with Crippen LogP contribution in [0, 0.1) is 0 Å². The van der Waals surface area contributed by atoms with E-state index in [2.05, 4.69) is 11.5 Å². The molecular weight excluding hydrogens is 278 g/mol. The van der Waals surface area contributed by atoms with Gasteiger partial charge in [0.05, 0.1) is 5.75 Å². The molecule has 0 spiro atoms. The lowest BCUT2D eigenvalue weighted by atomic mass is 9.99. The van der Waals surface area contributed by atoms with E-state index >= 15 is 0 Å². The highest BCUT2D eigenvalue weighted by molar-refractivity contribution is 7.94. The van der Waals surface area contributed by atoms with E-state index in [1.807, 2.05) is 13.8 Å². The van der Waals surface area contributed by atoms with Crippen LogP contribution in [0.3, 0.4) is 0 Å². The molecule has 0 atom stereocenters. The van der Waals surface area contributed by atoms with Crippen LogP contribution in [-0.2, 0) is 9.84 Å². The van der Waals surface area contributed by atoms with Crippen molar-refractivity contribution in [3.8, 4) is 0 Å². The lowest BCUT2D eigenvalue weighted by Gasteiger charge is -2.47. The maximum Gasteiger partial charge on any atom is 0.319 e. The van der Waals surface area contributed by atoms with Gasteiger partial charge in [-0.3, -0.25) is 4.90 Å². The Kier molecular flexibility index (Phi) is 5.21. The van der Waals surface area contributed by atoms with Gasteiger partial charge in [0.15, 0.2) is 9.84 Å². The van der Waals surface area contributed by atoms with Gasteiger partial charge < -0.3 is 9.80 Å². The Hall–Kier alpha value is -1.08. The van der Waals surface area contributed by atoms with Crippen LogP contribution >= 0.6 is 0 Å². The van der Waals surface area contributed by atoms with Gasteiger partial charge in [-0.1, -0.05) is 6.58 Å². The number of hydrogen-bond acceptors (Lipinski definition) is 4. The first-order chi connectivity index (χ1) is 9.09. The van der Waals surface area contributed by atoms with Gasteiger partial charge >= 0.3 is 6.03 Å². The summed E-state index contributed by atoms with van der Waals surface area (Å²) < 4.78 is 23.0. The fraction of sp³-hybridized carbons (Fsp3) is 0.769. The molecule has 20 heavy (non-hydrogen) atoms. The molecular formula is C13H25N3O3S. The van der Waals surface area contributed by atoms with Crippen molar-refractivity contribution in [2.75, 3.05) is 46.0 Å². The molecule has 1 heterocycles. The predicted molar refractivity (Wildman–Crippen MR) is 80.3 cm³/mol. The van der Waals surface area contributed by atoms with E-state index in [1.54, 1.807) is 23.9 Å². The molecule has 0 aromatic heterocycles. The van der Waals surface area contributed by atoms with Gasteiger partial charge in [-0.25, -0.2) is 13.2 Å². The number of nitrogens with zero attached hydrogens (tertiary/aromatic N) is 3. The number of urea groups is 1. The first kappa shape index (κ1) is 17.0. The number of amides is 2. The third kappa shape index (κ3) is 4.21. The molecule has 0 unspecified atom stereocenters. The van der Waals surface area contributed by atoms with Gasteiger partial charge in [0, 0.05) is 51.2 Å². The second kappa shape index (κ2) is 6.13. The number of carbonyl (C=O) groups excluding carboxylic acids is 1. The molecule has 7 heteroatoms. The summed E-state index contributed by atoms with van der Waals surface area (Å²) in [6.07, 6.45) is 0. The Morgan fingerprint density at radius 3 is 2.40 bits per heavy atom. The quantitative estimate of drug-likeness (QED) is 0.764. The van der Waals surface area contributed by atoms with E-state index in [4.69, 9.17) is 0 Å². The Labute approximate surface area is 121 Å². The summed E-state index contributed by atoms with van der Waals surface area (Å²) in [7, 11) is 0.290. The fourth-order valence-electron chi connectivity index (χ4n) is 2.37. The summed E-state index contributed by atoms with van der Waals surface area (Å²) in [5.74, 6) is 0.0710. The molecule has 0 aromatic rings. The maximum atomic E-state index is 12.0. The summed E-state index contributed by atoms with van der Waals surface area (Å²) in [5.41, 5.74) is -0.236. The average molecular weight is 303 g/mol. The Morgan fingerprint density at radius 2 is 1.95 bits per heavy atom. The predicted octanol–water partition coefficient (Wildman–Crippen LogP) is 0.623. The second-order valence-corrected chi connectivity index (χ2v) is 8.00. The number of rotatable bonds is 4. The van der Waals surface area contributed by atoms with Crippen LogP contribution < -0.4 is 0 Å². The van der Waals surface area contributed by atoms with Crippen molar-refractivity contribution in [2.45, 2.75) is 19.4 Å². The topological polar surface area (TPSA) is 60.9 Å². The number of carbonyl (C=O) groups is 1. The summed E-state index contributed by atoms with van der Waals surface area (Å²) >= 11 is 0. The minimum Gasteiger partial charge on any atom is -0.331 e. The van der Waals surface area contributed by atoms with Crippen molar-refractivity contribution in [3.05, 3.63) is 12.0 Å². The lowest BCUT2D eigenvalue weighted by Crippen LogP contribution is -2.62. The normalized spacial score (nSPS) is 19.7.